The summed E-state index contributed by atoms with van der Waals surface area (Å²) in [7, 11) is 1.96. The van der Waals surface area contributed by atoms with Gasteiger partial charge in [0, 0.05) is 13.0 Å². The number of fused-ring (bicyclic) bond motifs is 2. The minimum atomic E-state index is 0.624. The van der Waals surface area contributed by atoms with E-state index in [-0.39, 0.29) is 0 Å². The molecule has 2 fully saturated rings. The number of hydrogen-bond acceptors (Lipinski definition) is 3. The summed E-state index contributed by atoms with van der Waals surface area (Å²) in [5.74, 6) is 4.56. The number of rotatable bonds is 4. The molecule has 0 aromatic carbocycles. The summed E-state index contributed by atoms with van der Waals surface area (Å²) in [6.07, 6.45) is 7.77. The smallest absolute Gasteiger partial charge is 0.143 e. The van der Waals surface area contributed by atoms with E-state index in [0.29, 0.717) is 5.92 Å². The molecule has 4 heteroatoms. The summed E-state index contributed by atoms with van der Waals surface area (Å²) in [4.78, 5) is 9.72. The van der Waals surface area contributed by atoms with Gasteiger partial charge in [0.1, 0.15) is 11.6 Å². The van der Waals surface area contributed by atoms with Crippen molar-refractivity contribution in [2.45, 2.75) is 51.4 Å². The molecule has 1 heterocycles. The lowest BCUT2D eigenvalue weighted by atomic mass is 9.88. The molecule has 3 rings (SSSR count). The van der Waals surface area contributed by atoms with Crippen LogP contribution in [0.5, 0.6) is 0 Å². The van der Waals surface area contributed by atoms with E-state index in [1.54, 1.807) is 0 Å². The molecule has 1 N–H and O–H groups in total. The third-order valence-electron chi connectivity index (χ3n) is 4.73. The van der Waals surface area contributed by atoms with Gasteiger partial charge in [0.15, 0.2) is 0 Å². The van der Waals surface area contributed by atoms with Gasteiger partial charge in [-0.15, -0.1) is 0 Å². The summed E-state index contributed by atoms with van der Waals surface area (Å²) in [6, 6.07) is 0. The fourth-order valence-corrected chi connectivity index (χ4v) is 4.59. The number of aryl methyl sites for hydroxylation is 1. The van der Waals surface area contributed by atoms with Crippen molar-refractivity contribution in [3.8, 4) is 0 Å². The van der Waals surface area contributed by atoms with E-state index >= 15 is 0 Å². The van der Waals surface area contributed by atoms with Crippen LogP contribution in [0.4, 0.5) is 5.82 Å². The average Bonchev–Trinajstić information content (AvgIpc) is 3.03. The zero-order valence-corrected chi connectivity index (χ0v) is 13.9. The van der Waals surface area contributed by atoms with Crippen molar-refractivity contribution < 1.29 is 0 Å². The molecule has 0 amide bonds. The van der Waals surface area contributed by atoms with Crippen LogP contribution in [0, 0.1) is 15.4 Å². The topological polar surface area (TPSA) is 37.8 Å². The maximum atomic E-state index is 4.91. The first kappa shape index (κ1) is 13.6. The highest BCUT2D eigenvalue weighted by Crippen LogP contribution is 2.52. The summed E-state index contributed by atoms with van der Waals surface area (Å²) in [5.41, 5.74) is 1.24. The lowest BCUT2D eigenvalue weighted by molar-refractivity contribution is 0.404. The van der Waals surface area contributed by atoms with Gasteiger partial charge < -0.3 is 5.32 Å². The molecule has 0 spiro atoms. The van der Waals surface area contributed by atoms with Crippen LogP contribution >= 0.6 is 22.6 Å². The van der Waals surface area contributed by atoms with Gasteiger partial charge in [-0.3, -0.25) is 0 Å². The second kappa shape index (κ2) is 5.54. The predicted molar refractivity (Wildman–Crippen MR) is 86.5 cm³/mol. The van der Waals surface area contributed by atoms with E-state index in [1.165, 1.54) is 34.9 Å². The Morgan fingerprint density at radius 1 is 1.26 bits per heavy atom. The molecule has 104 valence electrons. The van der Waals surface area contributed by atoms with Crippen LogP contribution in [0.1, 0.15) is 56.5 Å². The second-order valence-corrected chi connectivity index (χ2v) is 7.05. The number of aromatic nitrogens is 2. The van der Waals surface area contributed by atoms with Crippen LogP contribution < -0.4 is 5.32 Å². The van der Waals surface area contributed by atoms with Crippen molar-refractivity contribution in [2.24, 2.45) is 11.8 Å². The molecule has 3 unspecified atom stereocenters. The van der Waals surface area contributed by atoms with Gasteiger partial charge in [-0.2, -0.15) is 0 Å². The largest absolute Gasteiger partial charge is 0.372 e. The van der Waals surface area contributed by atoms with Crippen LogP contribution in [0.2, 0.25) is 0 Å². The highest BCUT2D eigenvalue weighted by molar-refractivity contribution is 14.1. The number of nitrogens with zero attached hydrogens (tertiary/aromatic N) is 2. The van der Waals surface area contributed by atoms with E-state index in [9.17, 15) is 0 Å². The van der Waals surface area contributed by atoms with E-state index in [1.807, 2.05) is 7.05 Å². The maximum Gasteiger partial charge on any atom is 0.143 e. The number of hydrogen-bond donors (Lipinski definition) is 1. The minimum absolute atomic E-state index is 0.624. The molecule has 2 bridgehead atoms. The first-order valence-electron chi connectivity index (χ1n) is 7.47. The van der Waals surface area contributed by atoms with Gasteiger partial charge in [0.2, 0.25) is 0 Å². The summed E-state index contributed by atoms with van der Waals surface area (Å²) in [5, 5.41) is 3.24. The standard InChI is InChI=1S/C15H22IN3/c1-3-4-12-13(16)15(17-2)19-14(18-12)11-8-9-5-6-10(11)7-9/h9-11H,3-8H2,1-2H3,(H,17,18,19). The molecule has 2 saturated carbocycles. The van der Waals surface area contributed by atoms with Crippen LogP contribution in [0.25, 0.3) is 0 Å². The highest BCUT2D eigenvalue weighted by atomic mass is 127. The molecule has 3 nitrogen and oxygen atoms in total. The van der Waals surface area contributed by atoms with Crippen LogP contribution in [-0.4, -0.2) is 17.0 Å². The molecule has 1 aromatic heterocycles. The van der Waals surface area contributed by atoms with E-state index in [2.05, 4.69) is 34.8 Å². The average molecular weight is 371 g/mol. The van der Waals surface area contributed by atoms with Gasteiger partial charge in [-0.1, -0.05) is 19.8 Å². The van der Waals surface area contributed by atoms with Crippen molar-refractivity contribution in [3.05, 3.63) is 15.1 Å². The molecule has 0 saturated heterocycles. The number of halogens is 1. The lowest BCUT2D eigenvalue weighted by Gasteiger charge is -2.22. The molecule has 1 aromatic rings. The Morgan fingerprint density at radius 3 is 2.68 bits per heavy atom. The molecule has 2 aliphatic carbocycles. The van der Waals surface area contributed by atoms with E-state index in [0.717, 1.165) is 36.3 Å². The Morgan fingerprint density at radius 2 is 2.11 bits per heavy atom. The maximum absolute atomic E-state index is 4.91. The molecule has 2 aliphatic rings. The predicted octanol–water partition coefficient (Wildman–Crippen LogP) is 3.98. The second-order valence-electron chi connectivity index (χ2n) is 5.97. The highest BCUT2D eigenvalue weighted by Gasteiger charge is 2.41. The Labute approximate surface area is 129 Å². The third kappa shape index (κ3) is 2.48. The van der Waals surface area contributed by atoms with Crippen LogP contribution in [0.3, 0.4) is 0 Å². The Hall–Kier alpha value is -0.390. The first-order valence-corrected chi connectivity index (χ1v) is 8.54. The molecular formula is C15H22IN3. The normalized spacial score (nSPS) is 28.9. The Balaban J connectivity index is 1.94. The molecule has 0 radical (unpaired) electrons. The fourth-order valence-electron chi connectivity index (χ4n) is 3.81. The molecule has 3 atom stereocenters. The number of anilines is 1. The van der Waals surface area contributed by atoms with Crippen LogP contribution in [0.15, 0.2) is 0 Å². The third-order valence-corrected chi connectivity index (χ3v) is 5.86. The minimum Gasteiger partial charge on any atom is -0.372 e. The first-order chi connectivity index (χ1) is 9.22. The zero-order chi connectivity index (χ0) is 13.4. The van der Waals surface area contributed by atoms with Gasteiger partial charge in [-0.25, -0.2) is 9.97 Å². The molecular weight excluding hydrogens is 349 g/mol. The summed E-state index contributed by atoms with van der Waals surface area (Å²) < 4.78 is 1.20. The van der Waals surface area contributed by atoms with Crippen molar-refractivity contribution in [2.75, 3.05) is 12.4 Å². The Kier molecular flexibility index (Phi) is 3.96. The zero-order valence-electron chi connectivity index (χ0n) is 11.7. The van der Waals surface area contributed by atoms with Gasteiger partial charge in [0.25, 0.3) is 0 Å². The van der Waals surface area contributed by atoms with Crippen LogP contribution in [-0.2, 0) is 6.42 Å². The summed E-state index contributed by atoms with van der Waals surface area (Å²) >= 11 is 2.38. The van der Waals surface area contributed by atoms with E-state index in [4.69, 9.17) is 9.97 Å². The van der Waals surface area contributed by atoms with Crippen molar-refractivity contribution in [3.63, 3.8) is 0 Å². The van der Waals surface area contributed by atoms with Gasteiger partial charge in [-0.05, 0) is 60.1 Å². The fraction of sp³-hybridized carbons (Fsp3) is 0.733. The quantitative estimate of drug-likeness (QED) is 0.814. The monoisotopic (exact) mass is 371 g/mol. The summed E-state index contributed by atoms with van der Waals surface area (Å²) in [6.45, 7) is 2.22. The van der Waals surface area contributed by atoms with Gasteiger partial charge in [0.05, 0.1) is 9.26 Å². The Bertz CT molecular complexity index is 475. The lowest BCUT2D eigenvalue weighted by Crippen LogP contribution is -2.15. The SMILES string of the molecule is CCCc1nc(C2CC3CCC2C3)nc(NC)c1I. The molecule has 19 heavy (non-hydrogen) atoms. The van der Waals surface area contributed by atoms with Crippen molar-refractivity contribution >= 4 is 28.4 Å². The number of nitrogens with one attached hydrogen (secondary N) is 1. The van der Waals surface area contributed by atoms with Crippen molar-refractivity contribution in [1.82, 2.24) is 9.97 Å². The van der Waals surface area contributed by atoms with Gasteiger partial charge >= 0.3 is 0 Å². The van der Waals surface area contributed by atoms with Crippen molar-refractivity contribution in [1.29, 1.82) is 0 Å². The van der Waals surface area contributed by atoms with E-state index < -0.39 is 0 Å². The molecule has 0 aliphatic heterocycles.